The molecule has 0 aliphatic carbocycles. The highest BCUT2D eigenvalue weighted by molar-refractivity contribution is 5.83. The Hall–Kier alpha value is -1.10. The first-order valence-electron chi connectivity index (χ1n) is 4.88. The molecule has 2 unspecified atom stereocenters. The number of rotatable bonds is 3. The molecule has 0 saturated carbocycles. The van der Waals surface area contributed by atoms with Gasteiger partial charge in [0.25, 0.3) is 0 Å². The van der Waals surface area contributed by atoms with E-state index in [-0.39, 0.29) is 11.9 Å². The lowest BCUT2D eigenvalue weighted by Crippen LogP contribution is -2.48. The number of carbonyl (C=O) groups is 2. The predicted molar refractivity (Wildman–Crippen MR) is 50.9 cm³/mol. The van der Waals surface area contributed by atoms with Crippen LogP contribution in [0.15, 0.2) is 0 Å². The van der Waals surface area contributed by atoms with Crippen molar-refractivity contribution in [1.82, 2.24) is 10.6 Å². The number of carboxylic acids is 1. The summed E-state index contributed by atoms with van der Waals surface area (Å²) in [4.78, 5) is 22.0. The molecule has 80 valence electrons. The number of amides is 1. The topological polar surface area (TPSA) is 78.4 Å². The van der Waals surface area contributed by atoms with E-state index in [1.165, 1.54) is 0 Å². The van der Waals surface area contributed by atoms with Crippen LogP contribution < -0.4 is 10.6 Å². The molecule has 0 spiro atoms. The molecule has 14 heavy (non-hydrogen) atoms. The zero-order valence-electron chi connectivity index (χ0n) is 8.25. The van der Waals surface area contributed by atoms with E-state index in [9.17, 15) is 9.59 Å². The fourth-order valence-corrected chi connectivity index (χ4v) is 1.47. The van der Waals surface area contributed by atoms with E-state index < -0.39 is 12.0 Å². The fourth-order valence-electron chi connectivity index (χ4n) is 1.47. The summed E-state index contributed by atoms with van der Waals surface area (Å²) in [5.41, 5.74) is 0. The molecular formula is C9H16N2O3. The number of nitrogens with one attached hydrogen (secondary N) is 2. The molecule has 0 bridgehead atoms. The highest BCUT2D eigenvalue weighted by Gasteiger charge is 2.24. The number of aliphatic carboxylic acids is 1. The third-order valence-electron chi connectivity index (χ3n) is 2.36. The Labute approximate surface area is 82.9 Å². The molecule has 5 nitrogen and oxygen atoms in total. The normalized spacial score (nSPS) is 24.9. The van der Waals surface area contributed by atoms with Crippen molar-refractivity contribution in [2.45, 2.75) is 38.3 Å². The van der Waals surface area contributed by atoms with Gasteiger partial charge in [0.05, 0.1) is 6.04 Å². The lowest BCUT2D eigenvalue weighted by atomic mass is 10.1. The van der Waals surface area contributed by atoms with E-state index in [1.54, 1.807) is 6.92 Å². The second kappa shape index (κ2) is 4.95. The number of hydrogen-bond donors (Lipinski definition) is 3. The van der Waals surface area contributed by atoms with Crippen LogP contribution in [0.25, 0.3) is 0 Å². The van der Waals surface area contributed by atoms with Gasteiger partial charge in [-0.3, -0.25) is 14.9 Å². The summed E-state index contributed by atoms with van der Waals surface area (Å²) in [6, 6.07) is -1.03. The van der Waals surface area contributed by atoms with Gasteiger partial charge >= 0.3 is 5.97 Å². The average molecular weight is 200 g/mol. The van der Waals surface area contributed by atoms with Gasteiger partial charge in [0.15, 0.2) is 0 Å². The highest BCUT2D eigenvalue weighted by atomic mass is 16.4. The maximum Gasteiger partial charge on any atom is 0.320 e. The minimum absolute atomic E-state index is 0.0874. The molecule has 0 aromatic rings. The Bertz CT molecular complexity index is 230. The van der Waals surface area contributed by atoms with Crippen LogP contribution in [0, 0.1) is 0 Å². The molecular weight excluding hydrogens is 184 g/mol. The van der Waals surface area contributed by atoms with Gasteiger partial charge in [-0.15, -0.1) is 0 Å². The van der Waals surface area contributed by atoms with Crippen molar-refractivity contribution >= 4 is 11.9 Å². The van der Waals surface area contributed by atoms with Crippen molar-refractivity contribution < 1.29 is 14.7 Å². The zero-order valence-corrected chi connectivity index (χ0v) is 8.25. The summed E-state index contributed by atoms with van der Waals surface area (Å²) in [6.07, 6.45) is 2.62. The van der Waals surface area contributed by atoms with Gasteiger partial charge < -0.3 is 10.4 Å². The molecule has 1 amide bonds. The van der Waals surface area contributed by atoms with Crippen molar-refractivity contribution in [3.8, 4) is 0 Å². The smallest absolute Gasteiger partial charge is 0.320 e. The summed E-state index contributed by atoms with van der Waals surface area (Å²) >= 11 is 0. The van der Waals surface area contributed by atoms with Gasteiger partial charge in [-0.25, -0.2) is 0 Å². The number of carbonyl (C=O) groups excluding carboxylic acids is 1. The van der Waals surface area contributed by atoms with Gasteiger partial charge in [-0.05, 0) is 26.2 Å². The lowest BCUT2D eigenvalue weighted by Gasteiger charge is -2.17. The van der Waals surface area contributed by atoms with Crippen LogP contribution in [0.3, 0.4) is 0 Å². The van der Waals surface area contributed by atoms with E-state index in [0.29, 0.717) is 13.0 Å². The van der Waals surface area contributed by atoms with Crippen LogP contribution in [-0.4, -0.2) is 35.6 Å². The van der Waals surface area contributed by atoms with Crippen molar-refractivity contribution in [3.05, 3.63) is 0 Å². The molecule has 1 heterocycles. The average Bonchev–Trinajstić information content (AvgIpc) is 2.32. The van der Waals surface area contributed by atoms with Crippen molar-refractivity contribution in [2.75, 3.05) is 6.54 Å². The van der Waals surface area contributed by atoms with Crippen LogP contribution in [0.4, 0.5) is 0 Å². The molecule has 5 heteroatoms. The minimum atomic E-state index is -0.929. The van der Waals surface area contributed by atoms with Gasteiger partial charge in [0, 0.05) is 6.54 Å². The molecule has 0 radical (unpaired) electrons. The first kappa shape index (κ1) is 11.0. The summed E-state index contributed by atoms with van der Waals surface area (Å²) in [6.45, 7) is 2.24. The molecule has 1 fully saturated rings. The van der Waals surface area contributed by atoms with Crippen molar-refractivity contribution in [3.63, 3.8) is 0 Å². The standard InChI is InChI=1S/C9H16N2O3/c1-6(9(13)14)11-7-4-2-3-5-10-8(7)12/h6-7,11H,2-5H2,1H3,(H,10,12)(H,13,14). The van der Waals surface area contributed by atoms with Gasteiger partial charge in [-0.1, -0.05) is 0 Å². The molecule has 0 aromatic heterocycles. The van der Waals surface area contributed by atoms with E-state index in [1.807, 2.05) is 0 Å². The molecule has 1 aliphatic heterocycles. The monoisotopic (exact) mass is 200 g/mol. The Morgan fingerprint density at radius 2 is 2.36 bits per heavy atom. The number of carboxylic acid groups (broad SMARTS) is 1. The van der Waals surface area contributed by atoms with Gasteiger partial charge in [-0.2, -0.15) is 0 Å². The zero-order chi connectivity index (χ0) is 10.6. The third kappa shape index (κ3) is 2.99. The lowest BCUT2D eigenvalue weighted by molar-refractivity contribution is -0.139. The summed E-state index contributed by atoms with van der Waals surface area (Å²) in [5, 5.41) is 14.2. The van der Waals surface area contributed by atoms with Crippen LogP contribution >= 0.6 is 0 Å². The van der Waals surface area contributed by atoms with Crippen LogP contribution in [0.5, 0.6) is 0 Å². The largest absolute Gasteiger partial charge is 0.480 e. The Morgan fingerprint density at radius 3 is 3.00 bits per heavy atom. The van der Waals surface area contributed by atoms with Crippen LogP contribution in [-0.2, 0) is 9.59 Å². The van der Waals surface area contributed by atoms with Crippen LogP contribution in [0.1, 0.15) is 26.2 Å². The van der Waals surface area contributed by atoms with Crippen molar-refractivity contribution in [2.24, 2.45) is 0 Å². The number of hydrogen-bond acceptors (Lipinski definition) is 3. The first-order valence-corrected chi connectivity index (χ1v) is 4.88. The fraction of sp³-hybridized carbons (Fsp3) is 0.778. The second-order valence-corrected chi connectivity index (χ2v) is 3.57. The SMILES string of the molecule is CC(NC1CCCCNC1=O)C(=O)O. The second-order valence-electron chi connectivity index (χ2n) is 3.57. The van der Waals surface area contributed by atoms with E-state index in [2.05, 4.69) is 10.6 Å². The Kier molecular flexibility index (Phi) is 3.88. The molecule has 2 atom stereocenters. The van der Waals surface area contributed by atoms with Gasteiger partial charge in [0.1, 0.15) is 6.04 Å². The molecule has 3 N–H and O–H groups in total. The van der Waals surface area contributed by atoms with Crippen LogP contribution in [0.2, 0.25) is 0 Å². The van der Waals surface area contributed by atoms with Crippen molar-refractivity contribution in [1.29, 1.82) is 0 Å². The molecule has 0 aromatic carbocycles. The maximum atomic E-state index is 11.4. The predicted octanol–water partition coefficient (Wildman–Crippen LogP) is -0.282. The molecule has 1 aliphatic rings. The summed E-state index contributed by atoms with van der Waals surface area (Å²) in [7, 11) is 0. The van der Waals surface area contributed by atoms with E-state index >= 15 is 0 Å². The molecule has 1 rings (SSSR count). The third-order valence-corrected chi connectivity index (χ3v) is 2.36. The minimum Gasteiger partial charge on any atom is -0.480 e. The van der Waals surface area contributed by atoms with Gasteiger partial charge in [0.2, 0.25) is 5.91 Å². The maximum absolute atomic E-state index is 11.4. The first-order chi connectivity index (χ1) is 6.61. The van der Waals surface area contributed by atoms with E-state index in [4.69, 9.17) is 5.11 Å². The van der Waals surface area contributed by atoms with E-state index in [0.717, 1.165) is 12.8 Å². The molecule has 1 saturated heterocycles. The summed E-state index contributed by atoms with van der Waals surface area (Å²) in [5.74, 6) is -1.02. The Morgan fingerprint density at radius 1 is 1.64 bits per heavy atom. The highest BCUT2D eigenvalue weighted by Crippen LogP contribution is 2.06. The Balaban J connectivity index is 2.48. The summed E-state index contributed by atoms with van der Waals surface area (Å²) < 4.78 is 0. The quantitative estimate of drug-likeness (QED) is 0.585.